The molecule has 3 aromatic rings. The number of ether oxygens (including phenoxy) is 2. The molecule has 0 fully saturated rings. The Hall–Kier alpha value is -3.59. The number of amides is 1. The number of carbonyl (C=O) groups excluding carboxylic acids is 1. The molecule has 0 aliphatic carbocycles. The molecule has 1 atom stereocenters. The first-order chi connectivity index (χ1) is 17.2. The number of halogens is 1. The van der Waals surface area contributed by atoms with Crippen molar-refractivity contribution in [2.45, 2.75) is 44.2 Å². The molecule has 0 radical (unpaired) electrons. The Morgan fingerprint density at radius 2 is 1.92 bits per heavy atom. The molecule has 1 aliphatic rings. The number of fused-ring (bicyclic) bond motifs is 1. The number of hydrogen-bond acceptors (Lipinski definition) is 5. The number of para-hydroxylation sites is 1. The van der Waals surface area contributed by atoms with Crippen LogP contribution in [0, 0.1) is 12.7 Å². The maximum Gasteiger partial charge on any atom is 0.263 e. The molecule has 190 valence electrons. The number of sulfonamides is 1. The van der Waals surface area contributed by atoms with E-state index in [2.05, 4.69) is 4.72 Å². The molecule has 1 N–H and O–H groups in total. The van der Waals surface area contributed by atoms with Crippen molar-refractivity contribution in [1.29, 1.82) is 0 Å². The first-order valence-electron chi connectivity index (χ1n) is 11.7. The zero-order chi connectivity index (χ0) is 25.9. The molecular formula is C27H29FN2O5S. The maximum atomic E-state index is 14.0. The van der Waals surface area contributed by atoms with Gasteiger partial charge in [0.25, 0.3) is 15.9 Å². The molecule has 9 heteroatoms. The van der Waals surface area contributed by atoms with Gasteiger partial charge in [0.05, 0.1) is 12.0 Å². The van der Waals surface area contributed by atoms with E-state index >= 15 is 0 Å². The Bertz CT molecular complexity index is 1380. The summed E-state index contributed by atoms with van der Waals surface area (Å²) in [5.41, 5.74) is 2.32. The van der Waals surface area contributed by atoms with Gasteiger partial charge in [-0.05, 0) is 67.3 Å². The summed E-state index contributed by atoms with van der Waals surface area (Å²) in [6.45, 7) is 4.15. The summed E-state index contributed by atoms with van der Waals surface area (Å²) >= 11 is 0. The Morgan fingerprint density at radius 3 is 2.64 bits per heavy atom. The maximum absolute atomic E-state index is 14.0. The molecule has 0 bridgehead atoms. The Kier molecular flexibility index (Phi) is 7.49. The summed E-state index contributed by atoms with van der Waals surface area (Å²) in [4.78, 5) is 14.8. The fourth-order valence-electron chi connectivity index (χ4n) is 4.14. The topological polar surface area (TPSA) is 84.9 Å². The average Bonchev–Trinajstić information content (AvgIpc) is 2.99. The summed E-state index contributed by atoms with van der Waals surface area (Å²) < 4.78 is 53.6. The lowest BCUT2D eigenvalue weighted by Gasteiger charge is -2.23. The third-order valence-corrected chi connectivity index (χ3v) is 7.58. The number of anilines is 1. The minimum atomic E-state index is -4.01. The highest BCUT2D eigenvalue weighted by Gasteiger charge is 2.30. The molecule has 0 saturated carbocycles. The van der Waals surface area contributed by atoms with Crippen LogP contribution in [-0.4, -0.2) is 39.0 Å². The highest BCUT2D eigenvalue weighted by molar-refractivity contribution is 7.92. The van der Waals surface area contributed by atoms with Crippen LogP contribution in [0.25, 0.3) is 0 Å². The van der Waals surface area contributed by atoms with Gasteiger partial charge in [-0.2, -0.15) is 0 Å². The van der Waals surface area contributed by atoms with E-state index in [1.807, 2.05) is 31.2 Å². The summed E-state index contributed by atoms with van der Waals surface area (Å²) in [5.74, 6) is 0.566. The second-order valence-electron chi connectivity index (χ2n) is 8.68. The van der Waals surface area contributed by atoms with Crippen LogP contribution in [0.15, 0.2) is 65.6 Å². The SMILES string of the molecule is CCC1Oc2ccc(NS(=O)(=O)c3ccc(C)c(F)c3)cc2CN(CCc2ccccc2OC)C1=O. The molecule has 36 heavy (non-hydrogen) atoms. The molecular weight excluding hydrogens is 483 g/mol. The molecule has 0 saturated heterocycles. The van der Waals surface area contributed by atoms with E-state index in [0.717, 1.165) is 17.4 Å². The standard InChI is InChI=1S/C27H29FN2O5S/c1-4-24-27(31)30(14-13-19-7-5-6-8-25(19)34-3)17-20-15-21(10-12-26(20)35-24)29-36(32,33)22-11-9-18(2)23(28)16-22/h5-12,15-16,24,29H,4,13-14,17H2,1-3H3. The van der Waals surface area contributed by atoms with E-state index in [9.17, 15) is 17.6 Å². The monoisotopic (exact) mass is 512 g/mol. The van der Waals surface area contributed by atoms with Crippen molar-refractivity contribution >= 4 is 21.6 Å². The predicted octanol–water partition coefficient (Wildman–Crippen LogP) is 4.69. The van der Waals surface area contributed by atoms with Crippen LogP contribution in [0.1, 0.15) is 30.0 Å². The first-order valence-corrected chi connectivity index (χ1v) is 13.2. The van der Waals surface area contributed by atoms with E-state index in [4.69, 9.17) is 9.47 Å². The largest absolute Gasteiger partial charge is 0.496 e. The van der Waals surface area contributed by atoms with Gasteiger partial charge in [-0.1, -0.05) is 31.2 Å². The van der Waals surface area contributed by atoms with Gasteiger partial charge in [0.15, 0.2) is 6.10 Å². The number of carbonyl (C=O) groups is 1. The zero-order valence-electron chi connectivity index (χ0n) is 20.5. The molecule has 4 rings (SSSR count). The van der Waals surface area contributed by atoms with Gasteiger partial charge in [-0.25, -0.2) is 12.8 Å². The summed E-state index contributed by atoms with van der Waals surface area (Å²) in [5, 5.41) is 0. The number of methoxy groups -OCH3 is 1. The number of nitrogens with one attached hydrogen (secondary N) is 1. The Morgan fingerprint density at radius 1 is 1.14 bits per heavy atom. The van der Waals surface area contributed by atoms with Gasteiger partial charge in [0, 0.05) is 24.3 Å². The minimum Gasteiger partial charge on any atom is -0.496 e. The van der Waals surface area contributed by atoms with Crippen molar-refractivity contribution in [3.8, 4) is 11.5 Å². The number of aryl methyl sites for hydroxylation is 1. The van der Waals surface area contributed by atoms with Crippen molar-refractivity contribution in [3.63, 3.8) is 0 Å². The van der Waals surface area contributed by atoms with Gasteiger partial charge in [0.2, 0.25) is 0 Å². The van der Waals surface area contributed by atoms with Crippen LogP contribution in [0.5, 0.6) is 11.5 Å². The number of benzene rings is 3. The van der Waals surface area contributed by atoms with E-state index in [0.29, 0.717) is 42.0 Å². The van der Waals surface area contributed by atoms with Crippen LogP contribution >= 0.6 is 0 Å². The summed E-state index contributed by atoms with van der Waals surface area (Å²) in [7, 11) is -2.40. The molecule has 3 aromatic carbocycles. The fraction of sp³-hybridized carbons (Fsp3) is 0.296. The molecule has 1 heterocycles. The highest BCUT2D eigenvalue weighted by Crippen LogP contribution is 2.31. The molecule has 7 nitrogen and oxygen atoms in total. The van der Waals surface area contributed by atoms with E-state index in [1.54, 1.807) is 37.1 Å². The normalized spacial score (nSPS) is 15.6. The van der Waals surface area contributed by atoms with E-state index < -0.39 is 21.9 Å². The Labute approximate surface area is 210 Å². The second-order valence-corrected chi connectivity index (χ2v) is 10.4. The van der Waals surface area contributed by atoms with E-state index in [-0.39, 0.29) is 17.3 Å². The van der Waals surface area contributed by atoms with Crippen LogP contribution in [0.2, 0.25) is 0 Å². The highest BCUT2D eigenvalue weighted by atomic mass is 32.2. The third kappa shape index (κ3) is 5.46. The lowest BCUT2D eigenvalue weighted by Crippen LogP contribution is -2.40. The van der Waals surface area contributed by atoms with E-state index in [1.165, 1.54) is 12.1 Å². The van der Waals surface area contributed by atoms with Crippen LogP contribution in [0.3, 0.4) is 0 Å². The average molecular weight is 513 g/mol. The van der Waals surface area contributed by atoms with Crippen molar-refractivity contribution in [2.24, 2.45) is 0 Å². The van der Waals surface area contributed by atoms with Crippen molar-refractivity contribution in [3.05, 3.63) is 83.2 Å². The summed E-state index contributed by atoms with van der Waals surface area (Å²) in [6, 6.07) is 16.3. The Balaban J connectivity index is 1.58. The molecule has 1 amide bonds. The van der Waals surface area contributed by atoms with Crippen molar-refractivity contribution in [2.75, 3.05) is 18.4 Å². The number of hydrogen-bond donors (Lipinski definition) is 1. The number of rotatable bonds is 8. The second kappa shape index (κ2) is 10.6. The smallest absolute Gasteiger partial charge is 0.263 e. The van der Waals surface area contributed by atoms with Gasteiger partial charge < -0.3 is 14.4 Å². The fourth-order valence-corrected chi connectivity index (χ4v) is 5.20. The number of nitrogens with zero attached hydrogens (tertiary/aromatic N) is 1. The molecule has 0 aromatic heterocycles. The van der Waals surface area contributed by atoms with Gasteiger partial charge in [-0.3, -0.25) is 9.52 Å². The molecule has 0 spiro atoms. The van der Waals surface area contributed by atoms with Crippen LogP contribution in [-0.2, 0) is 27.8 Å². The van der Waals surface area contributed by atoms with Gasteiger partial charge in [-0.15, -0.1) is 0 Å². The van der Waals surface area contributed by atoms with Crippen LogP contribution < -0.4 is 14.2 Å². The quantitative estimate of drug-likeness (QED) is 0.474. The third-order valence-electron chi connectivity index (χ3n) is 6.20. The van der Waals surface area contributed by atoms with Gasteiger partial charge in [0.1, 0.15) is 17.3 Å². The first kappa shape index (κ1) is 25.5. The van der Waals surface area contributed by atoms with Crippen molar-refractivity contribution < 1.29 is 27.1 Å². The lowest BCUT2D eigenvalue weighted by molar-refractivity contribution is -0.138. The minimum absolute atomic E-state index is 0.124. The van der Waals surface area contributed by atoms with Crippen LogP contribution in [0.4, 0.5) is 10.1 Å². The molecule has 1 aliphatic heterocycles. The summed E-state index contributed by atoms with van der Waals surface area (Å²) in [6.07, 6.45) is 0.450. The predicted molar refractivity (Wildman–Crippen MR) is 135 cm³/mol. The molecule has 1 unspecified atom stereocenters. The zero-order valence-corrected chi connectivity index (χ0v) is 21.3. The lowest BCUT2D eigenvalue weighted by atomic mass is 10.1. The van der Waals surface area contributed by atoms with Gasteiger partial charge >= 0.3 is 0 Å². The van der Waals surface area contributed by atoms with Crippen molar-refractivity contribution in [1.82, 2.24) is 4.90 Å².